The van der Waals surface area contributed by atoms with Crippen LogP contribution in [-0.2, 0) is 10.0 Å². The Bertz CT molecular complexity index is 1280. The number of aromatic hydroxyl groups is 1. The number of H-pyrrole nitrogens is 1. The fourth-order valence-electron chi connectivity index (χ4n) is 3.13. The first kappa shape index (κ1) is 24.4. The molecule has 0 aliphatic rings. The van der Waals surface area contributed by atoms with Gasteiger partial charge < -0.3 is 20.3 Å². The molecule has 0 saturated heterocycles. The summed E-state index contributed by atoms with van der Waals surface area (Å²) in [5, 5.41) is 21.9. The van der Waals surface area contributed by atoms with Crippen LogP contribution < -0.4 is 10.0 Å². The summed E-state index contributed by atoms with van der Waals surface area (Å²) < 4.78 is 27.6. The van der Waals surface area contributed by atoms with Gasteiger partial charge in [0.15, 0.2) is 5.69 Å². The third kappa shape index (κ3) is 5.95. The summed E-state index contributed by atoms with van der Waals surface area (Å²) in [6.45, 7) is 4.62. The van der Waals surface area contributed by atoms with Crippen LogP contribution in [0, 0.1) is 0 Å². The van der Waals surface area contributed by atoms with Crippen LogP contribution in [0.5, 0.6) is 5.88 Å². The lowest BCUT2D eigenvalue weighted by molar-refractivity contribution is 0.0951. The Morgan fingerprint density at radius 1 is 1.15 bits per heavy atom. The van der Waals surface area contributed by atoms with Crippen molar-refractivity contribution < 1.29 is 18.3 Å². The Balaban J connectivity index is 1.94. The number of nitrogens with zero attached hydrogens (tertiary/aromatic N) is 3. The minimum atomic E-state index is -3.73. The molecule has 0 saturated carbocycles. The SMILES string of the molecule is CC(C)NS(=O)(=O)c1ccc2[nH]c(O)c(N=Nc3ccccc3C(=O)NCCN(C)C)c2c1. The number of aromatic amines is 1. The zero-order chi connectivity index (χ0) is 24.2. The lowest BCUT2D eigenvalue weighted by Crippen LogP contribution is -2.31. The molecule has 3 aromatic rings. The Hall–Kier alpha value is -3.28. The monoisotopic (exact) mass is 472 g/mol. The van der Waals surface area contributed by atoms with Gasteiger partial charge in [-0.05, 0) is 58.3 Å². The number of nitrogens with one attached hydrogen (secondary N) is 3. The van der Waals surface area contributed by atoms with E-state index < -0.39 is 10.0 Å². The van der Waals surface area contributed by atoms with Crippen molar-refractivity contribution in [2.24, 2.45) is 10.2 Å². The zero-order valence-electron chi connectivity index (χ0n) is 19.0. The van der Waals surface area contributed by atoms with E-state index in [-0.39, 0.29) is 28.4 Å². The smallest absolute Gasteiger partial charge is 0.253 e. The molecule has 0 bridgehead atoms. The molecular weight excluding hydrogens is 444 g/mol. The number of carbonyl (C=O) groups excluding carboxylic acids is 1. The number of aromatic nitrogens is 1. The van der Waals surface area contributed by atoms with Crippen LogP contribution in [0.15, 0.2) is 57.6 Å². The van der Waals surface area contributed by atoms with Gasteiger partial charge in [0.1, 0.15) is 0 Å². The first-order valence-electron chi connectivity index (χ1n) is 10.4. The fourth-order valence-corrected chi connectivity index (χ4v) is 4.41. The molecule has 4 N–H and O–H groups in total. The van der Waals surface area contributed by atoms with E-state index in [1.807, 2.05) is 19.0 Å². The highest BCUT2D eigenvalue weighted by Crippen LogP contribution is 2.37. The van der Waals surface area contributed by atoms with E-state index in [4.69, 9.17) is 0 Å². The molecule has 1 aromatic heterocycles. The van der Waals surface area contributed by atoms with Gasteiger partial charge in [0.25, 0.3) is 5.91 Å². The van der Waals surface area contributed by atoms with Crippen molar-refractivity contribution >= 4 is 38.2 Å². The first-order chi connectivity index (χ1) is 15.6. The van der Waals surface area contributed by atoms with Crippen molar-refractivity contribution in [3.8, 4) is 5.88 Å². The fraction of sp³-hybridized carbons (Fsp3) is 0.318. The Labute approximate surface area is 192 Å². The van der Waals surface area contributed by atoms with E-state index in [1.165, 1.54) is 12.1 Å². The quantitative estimate of drug-likeness (QED) is 0.354. The Morgan fingerprint density at radius 3 is 2.58 bits per heavy atom. The predicted octanol–water partition coefficient (Wildman–Crippen LogP) is 3.27. The molecule has 0 aliphatic heterocycles. The molecule has 0 radical (unpaired) electrons. The Kier molecular flexibility index (Phi) is 7.46. The van der Waals surface area contributed by atoms with Crippen LogP contribution >= 0.6 is 0 Å². The van der Waals surface area contributed by atoms with Crippen LogP contribution in [-0.4, -0.2) is 62.5 Å². The zero-order valence-corrected chi connectivity index (χ0v) is 19.8. The van der Waals surface area contributed by atoms with E-state index in [1.54, 1.807) is 44.2 Å². The molecule has 0 fully saturated rings. The van der Waals surface area contributed by atoms with Gasteiger partial charge >= 0.3 is 0 Å². The first-order valence-corrected chi connectivity index (χ1v) is 11.9. The van der Waals surface area contributed by atoms with Crippen molar-refractivity contribution in [1.82, 2.24) is 19.9 Å². The van der Waals surface area contributed by atoms with Crippen molar-refractivity contribution in [2.45, 2.75) is 24.8 Å². The van der Waals surface area contributed by atoms with E-state index in [9.17, 15) is 18.3 Å². The number of likely N-dealkylation sites (N-methyl/N-ethyl adjacent to an activating group) is 1. The summed E-state index contributed by atoms with van der Waals surface area (Å²) in [6.07, 6.45) is 0. The number of hydrogen-bond donors (Lipinski definition) is 4. The Morgan fingerprint density at radius 2 is 1.88 bits per heavy atom. The van der Waals surface area contributed by atoms with Gasteiger partial charge in [-0.1, -0.05) is 12.1 Å². The lowest BCUT2D eigenvalue weighted by atomic mass is 10.1. The number of azo groups is 1. The van der Waals surface area contributed by atoms with Crippen LogP contribution in [0.4, 0.5) is 11.4 Å². The van der Waals surface area contributed by atoms with Crippen LogP contribution in [0.3, 0.4) is 0 Å². The van der Waals surface area contributed by atoms with Gasteiger partial charge in [-0.2, -0.15) is 0 Å². The highest BCUT2D eigenvalue weighted by atomic mass is 32.2. The molecular formula is C22H28N6O4S. The molecule has 3 rings (SSSR count). The number of benzene rings is 2. The van der Waals surface area contributed by atoms with Crippen molar-refractivity contribution in [3.05, 3.63) is 48.0 Å². The van der Waals surface area contributed by atoms with Gasteiger partial charge in [-0.15, -0.1) is 10.2 Å². The summed E-state index contributed by atoms with van der Waals surface area (Å²) in [5.74, 6) is -0.546. The molecule has 1 heterocycles. The number of carbonyl (C=O) groups is 1. The summed E-state index contributed by atoms with van der Waals surface area (Å²) in [7, 11) is 0.0956. The topological polar surface area (TPSA) is 139 Å². The normalized spacial score (nSPS) is 12.3. The second-order valence-corrected chi connectivity index (χ2v) is 9.80. The highest BCUT2D eigenvalue weighted by molar-refractivity contribution is 7.89. The maximum absolute atomic E-state index is 12.6. The van der Waals surface area contributed by atoms with E-state index in [0.717, 1.165) is 0 Å². The molecule has 0 spiro atoms. The van der Waals surface area contributed by atoms with Gasteiger partial charge in [-0.25, -0.2) is 13.1 Å². The summed E-state index contributed by atoms with van der Waals surface area (Å²) in [5.41, 5.74) is 1.23. The molecule has 0 unspecified atom stereocenters. The van der Waals surface area contributed by atoms with E-state index in [0.29, 0.717) is 35.2 Å². The summed E-state index contributed by atoms with van der Waals surface area (Å²) >= 11 is 0. The van der Waals surface area contributed by atoms with Crippen LogP contribution in [0.25, 0.3) is 10.9 Å². The predicted molar refractivity (Wildman–Crippen MR) is 127 cm³/mol. The van der Waals surface area contributed by atoms with Gasteiger partial charge in [0, 0.05) is 24.5 Å². The summed E-state index contributed by atoms with van der Waals surface area (Å²) in [4.78, 5) is 17.3. The van der Waals surface area contributed by atoms with Gasteiger partial charge in [0.2, 0.25) is 15.9 Å². The molecule has 0 atom stereocenters. The minimum Gasteiger partial charge on any atom is -0.493 e. The minimum absolute atomic E-state index is 0.0415. The van der Waals surface area contributed by atoms with Crippen molar-refractivity contribution in [3.63, 3.8) is 0 Å². The molecule has 1 amide bonds. The molecule has 0 aliphatic carbocycles. The van der Waals surface area contributed by atoms with E-state index >= 15 is 0 Å². The highest BCUT2D eigenvalue weighted by Gasteiger charge is 2.19. The average molecular weight is 473 g/mol. The largest absolute Gasteiger partial charge is 0.493 e. The molecule has 11 heteroatoms. The molecule has 2 aromatic carbocycles. The van der Waals surface area contributed by atoms with E-state index in [2.05, 4.69) is 25.3 Å². The molecule has 176 valence electrons. The maximum atomic E-state index is 12.6. The molecule has 10 nitrogen and oxygen atoms in total. The average Bonchev–Trinajstić information content (AvgIpc) is 3.05. The van der Waals surface area contributed by atoms with Crippen molar-refractivity contribution in [2.75, 3.05) is 27.2 Å². The van der Waals surface area contributed by atoms with Crippen LogP contribution in [0.2, 0.25) is 0 Å². The van der Waals surface area contributed by atoms with Crippen LogP contribution in [0.1, 0.15) is 24.2 Å². The number of amides is 1. The number of fused-ring (bicyclic) bond motifs is 1. The second kappa shape index (κ2) is 10.1. The van der Waals surface area contributed by atoms with Crippen molar-refractivity contribution in [1.29, 1.82) is 0 Å². The summed E-state index contributed by atoms with van der Waals surface area (Å²) in [6, 6.07) is 10.9. The standard InChI is InChI=1S/C22H28N6O4S/c1-14(2)27-33(31,32)15-9-10-18-17(13-15)20(22(30)24-18)26-25-19-8-6-5-7-16(19)21(29)23-11-12-28(3)4/h5-10,13-14,24,27,30H,11-12H2,1-4H3,(H,23,29). The lowest BCUT2D eigenvalue weighted by Gasteiger charge is -2.11. The number of hydrogen-bond acceptors (Lipinski definition) is 7. The molecule has 33 heavy (non-hydrogen) atoms. The number of sulfonamides is 1. The third-order valence-electron chi connectivity index (χ3n) is 4.68. The van der Waals surface area contributed by atoms with Gasteiger partial charge in [0.05, 0.1) is 21.7 Å². The van der Waals surface area contributed by atoms with Gasteiger partial charge in [-0.3, -0.25) is 4.79 Å². The maximum Gasteiger partial charge on any atom is 0.253 e. The number of rotatable bonds is 9. The second-order valence-electron chi connectivity index (χ2n) is 8.08. The third-order valence-corrected chi connectivity index (χ3v) is 6.33.